The van der Waals surface area contributed by atoms with Crippen molar-refractivity contribution >= 4 is 61.4 Å². The molecule has 1 aromatic carbocycles. The van der Waals surface area contributed by atoms with Gasteiger partial charge < -0.3 is 9.88 Å². The van der Waals surface area contributed by atoms with Crippen LogP contribution in [0.15, 0.2) is 34.7 Å². The zero-order valence-corrected chi connectivity index (χ0v) is 18.0. The smallest absolute Gasteiger partial charge is 0.265 e. The van der Waals surface area contributed by atoms with Crippen molar-refractivity contribution in [1.82, 2.24) is 14.2 Å². The van der Waals surface area contributed by atoms with E-state index in [4.69, 9.17) is 28.5 Å². The number of fused-ring (bicyclic) bond motifs is 1. The second-order valence-corrected chi connectivity index (χ2v) is 10.1. The number of hydrogen-bond acceptors (Lipinski definition) is 5. The fraction of sp³-hybridized carbons (Fsp3) is 0.222. The van der Waals surface area contributed by atoms with Gasteiger partial charge in [0.1, 0.15) is 16.0 Å². The molecule has 11 heteroatoms. The van der Waals surface area contributed by atoms with Gasteiger partial charge in [0.15, 0.2) is 0 Å². The van der Waals surface area contributed by atoms with E-state index in [0.717, 1.165) is 11.3 Å². The van der Waals surface area contributed by atoms with Crippen LogP contribution in [0.5, 0.6) is 0 Å². The van der Waals surface area contributed by atoms with Gasteiger partial charge in [-0.2, -0.15) is 9.57 Å². The molecule has 3 heterocycles. The van der Waals surface area contributed by atoms with Crippen molar-refractivity contribution in [2.75, 3.05) is 26.2 Å². The Hall–Kier alpha value is -2.09. The van der Waals surface area contributed by atoms with Gasteiger partial charge in [0.05, 0.1) is 10.6 Å². The minimum atomic E-state index is -3.73. The Morgan fingerprint density at radius 1 is 1.17 bits per heavy atom. The van der Waals surface area contributed by atoms with Crippen LogP contribution in [-0.2, 0) is 10.0 Å². The number of piperazine rings is 1. The van der Waals surface area contributed by atoms with Gasteiger partial charge >= 0.3 is 0 Å². The zero-order valence-electron chi connectivity index (χ0n) is 14.9. The van der Waals surface area contributed by atoms with E-state index >= 15 is 0 Å². The van der Waals surface area contributed by atoms with Crippen molar-refractivity contribution in [3.63, 3.8) is 0 Å². The van der Waals surface area contributed by atoms with Gasteiger partial charge in [-0.05, 0) is 24.3 Å². The molecule has 0 spiro atoms. The molecular weight excluding hydrogens is 455 g/mol. The third-order valence-corrected chi connectivity index (χ3v) is 8.28. The standard InChI is InChI=1S/C18H14Cl2N4O3S2/c19-13-1-2-14-11(7-13)8-15(22-14)29(26,27)24-5-3-23(4-6-24)18(25)17-16(20)12(9-21)10-28-17/h1-2,7-8,10,22H,3-6H2. The number of sulfonamides is 1. The predicted octanol–water partition coefficient (Wildman–Crippen LogP) is 3.55. The number of thiophene rings is 1. The van der Waals surface area contributed by atoms with Crippen LogP contribution in [0.1, 0.15) is 15.2 Å². The van der Waals surface area contributed by atoms with Crippen LogP contribution in [0, 0.1) is 11.3 Å². The molecule has 0 bridgehead atoms. The summed E-state index contributed by atoms with van der Waals surface area (Å²) in [5, 5.41) is 12.0. The molecule has 7 nitrogen and oxygen atoms in total. The Balaban J connectivity index is 1.50. The molecular formula is C18H14Cl2N4O3S2. The van der Waals surface area contributed by atoms with Gasteiger partial charge in [-0.3, -0.25) is 4.79 Å². The van der Waals surface area contributed by atoms with Crippen LogP contribution >= 0.6 is 34.5 Å². The van der Waals surface area contributed by atoms with Crippen LogP contribution in [0.25, 0.3) is 10.9 Å². The summed E-state index contributed by atoms with van der Waals surface area (Å²) in [6, 6.07) is 8.62. The average Bonchev–Trinajstić information content (AvgIpc) is 3.30. The molecule has 0 radical (unpaired) electrons. The van der Waals surface area contributed by atoms with Crippen molar-refractivity contribution in [1.29, 1.82) is 5.26 Å². The van der Waals surface area contributed by atoms with Crippen LogP contribution in [0.4, 0.5) is 0 Å². The normalized spacial score (nSPS) is 15.6. The zero-order chi connectivity index (χ0) is 20.8. The number of aromatic amines is 1. The fourth-order valence-electron chi connectivity index (χ4n) is 3.19. The summed E-state index contributed by atoms with van der Waals surface area (Å²) in [5.41, 5.74) is 0.947. The molecule has 0 unspecified atom stereocenters. The Labute approximate surface area is 181 Å². The number of carbonyl (C=O) groups is 1. The van der Waals surface area contributed by atoms with Gasteiger partial charge in [0, 0.05) is 47.5 Å². The summed E-state index contributed by atoms with van der Waals surface area (Å²) in [6.07, 6.45) is 0. The Morgan fingerprint density at radius 3 is 2.55 bits per heavy atom. The fourth-order valence-corrected chi connectivity index (χ4v) is 6.04. The third kappa shape index (κ3) is 3.63. The van der Waals surface area contributed by atoms with Crippen LogP contribution in [-0.4, -0.2) is 54.7 Å². The first kappa shape index (κ1) is 20.2. The molecule has 2 aromatic heterocycles. The highest BCUT2D eigenvalue weighted by molar-refractivity contribution is 7.89. The average molecular weight is 469 g/mol. The molecule has 1 aliphatic heterocycles. The maximum absolute atomic E-state index is 13.0. The van der Waals surface area contributed by atoms with Crippen LogP contribution in [0.2, 0.25) is 10.0 Å². The number of hydrogen-bond donors (Lipinski definition) is 1. The first-order valence-corrected chi connectivity index (χ1v) is 11.6. The maximum atomic E-state index is 13.0. The summed E-state index contributed by atoms with van der Waals surface area (Å²) in [4.78, 5) is 17.5. The topological polar surface area (TPSA) is 97.3 Å². The Morgan fingerprint density at radius 2 is 1.90 bits per heavy atom. The Bertz CT molecular complexity index is 1250. The molecule has 4 rings (SSSR count). The van der Waals surface area contributed by atoms with E-state index in [2.05, 4.69) is 4.98 Å². The summed E-state index contributed by atoms with van der Waals surface area (Å²) >= 11 is 13.2. The number of nitrogens with one attached hydrogen (secondary N) is 1. The molecule has 3 aromatic rings. The number of amides is 1. The summed E-state index contributed by atoms with van der Waals surface area (Å²) in [5.74, 6) is -0.293. The molecule has 1 N–H and O–H groups in total. The molecule has 1 fully saturated rings. The van der Waals surface area contributed by atoms with Crippen molar-refractivity contribution in [2.45, 2.75) is 5.03 Å². The number of nitrogens with zero attached hydrogens (tertiary/aromatic N) is 3. The number of aromatic nitrogens is 1. The molecule has 1 saturated heterocycles. The van der Waals surface area contributed by atoms with Gasteiger partial charge in [-0.25, -0.2) is 8.42 Å². The highest BCUT2D eigenvalue weighted by atomic mass is 35.5. The molecule has 0 saturated carbocycles. The summed E-state index contributed by atoms with van der Waals surface area (Å²) < 4.78 is 27.3. The van der Waals surface area contributed by atoms with E-state index in [1.54, 1.807) is 34.5 Å². The first-order valence-electron chi connectivity index (χ1n) is 8.56. The maximum Gasteiger partial charge on any atom is 0.265 e. The largest absolute Gasteiger partial charge is 0.345 e. The lowest BCUT2D eigenvalue weighted by molar-refractivity contribution is 0.0703. The minimum Gasteiger partial charge on any atom is -0.345 e. The number of halogens is 2. The van der Waals surface area contributed by atoms with E-state index in [1.807, 2.05) is 6.07 Å². The highest BCUT2D eigenvalue weighted by Crippen LogP contribution is 2.29. The molecule has 150 valence electrons. The van der Waals surface area contributed by atoms with Gasteiger partial charge in [-0.15, -0.1) is 11.3 Å². The first-order chi connectivity index (χ1) is 13.8. The minimum absolute atomic E-state index is 0.0921. The van der Waals surface area contributed by atoms with Crippen molar-refractivity contribution in [3.8, 4) is 6.07 Å². The molecule has 1 amide bonds. The summed E-state index contributed by atoms with van der Waals surface area (Å²) in [6.45, 7) is 0.803. The van der Waals surface area contributed by atoms with E-state index in [-0.39, 0.29) is 47.7 Å². The SMILES string of the molecule is N#Cc1csc(C(=O)N2CCN(S(=O)(=O)c3cc4cc(Cl)ccc4[nH]3)CC2)c1Cl. The van der Waals surface area contributed by atoms with E-state index < -0.39 is 10.0 Å². The van der Waals surface area contributed by atoms with E-state index in [1.165, 1.54) is 4.31 Å². The predicted molar refractivity (Wildman–Crippen MR) is 112 cm³/mol. The lowest BCUT2D eigenvalue weighted by atomic mass is 10.2. The van der Waals surface area contributed by atoms with Crippen molar-refractivity contribution in [2.24, 2.45) is 0 Å². The second-order valence-electron chi connectivity index (χ2n) is 6.47. The van der Waals surface area contributed by atoms with Crippen LogP contribution < -0.4 is 0 Å². The number of carbonyl (C=O) groups excluding carboxylic acids is 1. The summed E-state index contributed by atoms with van der Waals surface area (Å²) in [7, 11) is -3.73. The van der Waals surface area contributed by atoms with E-state index in [0.29, 0.717) is 20.8 Å². The third-order valence-electron chi connectivity index (χ3n) is 4.75. The monoisotopic (exact) mass is 468 g/mol. The Kier molecular flexibility index (Phi) is 5.31. The second kappa shape index (κ2) is 7.63. The molecule has 29 heavy (non-hydrogen) atoms. The van der Waals surface area contributed by atoms with Crippen molar-refractivity contribution < 1.29 is 13.2 Å². The lowest BCUT2D eigenvalue weighted by Crippen LogP contribution is -2.50. The number of benzene rings is 1. The van der Waals surface area contributed by atoms with Crippen LogP contribution in [0.3, 0.4) is 0 Å². The number of rotatable bonds is 3. The molecule has 0 atom stereocenters. The quantitative estimate of drug-likeness (QED) is 0.635. The highest BCUT2D eigenvalue weighted by Gasteiger charge is 2.32. The van der Waals surface area contributed by atoms with Crippen molar-refractivity contribution in [3.05, 3.63) is 50.1 Å². The number of nitriles is 1. The van der Waals surface area contributed by atoms with Gasteiger partial charge in [0.2, 0.25) is 0 Å². The van der Waals surface area contributed by atoms with Gasteiger partial charge in [0.25, 0.3) is 15.9 Å². The van der Waals surface area contributed by atoms with Gasteiger partial charge in [-0.1, -0.05) is 23.2 Å². The van der Waals surface area contributed by atoms with E-state index in [9.17, 15) is 13.2 Å². The molecule has 0 aliphatic carbocycles. The molecule has 1 aliphatic rings. The number of H-pyrrole nitrogens is 1. The lowest BCUT2D eigenvalue weighted by Gasteiger charge is -2.33.